The molecule has 110 valence electrons. The van der Waals surface area contributed by atoms with E-state index >= 15 is 0 Å². The van der Waals surface area contributed by atoms with Crippen molar-refractivity contribution < 1.29 is 5.21 Å². The van der Waals surface area contributed by atoms with Gasteiger partial charge in [0, 0.05) is 42.3 Å². The first-order valence-electron chi connectivity index (χ1n) is 6.49. The number of rotatable bonds is 5. The van der Waals surface area contributed by atoms with Crippen molar-refractivity contribution >= 4 is 23.1 Å². The molecule has 0 bridgehead atoms. The molecule has 0 amide bonds. The molecule has 0 radical (unpaired) electrons. The standard InChI is InChI=1S/C15H17ClN4O/c1-20(9-6-11-4-7-18-8-5-11)14-10-12(16)2-3-13(14)15(17)19-21/h2-5,7-8,10,21H,6,9H2,1H3,(H2,17,19). The summed E-state index contributed by atoms with van der Waals surface area (Å²) in [5, 5.41) is 12.5. The Balaban J connectivity index is 2.18. The maximum absolute atomic E-state index is 8.88. The van der Waals surface area contributed by atoms with Crippen molar-refractivity contribution in [2.75, 3.05) is 18.5 Å². The lowest BCUT2D eigenvalue weighted by molar-refractivity contribution is 0.318. The Hall–Kier alpha value is -2.27. The molecule has 0 saturated carbocycles. The van der Waals surface area contributed by atoms with Gasteiger partial charge < -0.3 is 15.8 Å². The highest BCUT2D eigenvalue weighted by Gasteiger charge is 2.12. The third-order valence-corrected chi connectivity index (χ3v) is 3.48. The Labute approximate surface area is 128 Å². The van der Waals surface area contributed by atoms with E-state index in [-0.39, 0.29) is 5.84 Å². The monoisotopic (exact) mass is 304 g/mol. The van der Waals surface area contributed by atoms with Crippen molar-refractivity contribution in [3.63, 3.8) is 0 Å². The largest absolute Gasteiger partial charge is 0.409 e. The lowest BCUT2D eigenvalue weighted by atomic mass is 10.1. The summed E-state index contributed by atoms with van der Waals surface area (Å²) in [7, 11) is 1.95. The molecule has 0 atom stereocenters. The fourth-order valence-electron chi connectivity index (χ4n) is 2.06. The predicted octanol–water partition coefficient (Wildman–Crippen LogP) is 2.51. The highest BCUT2D eigenvalue weighted by molar-refractivity contribution is 6.31. The van der Waals surface area contributed by atoms with E-state index in [0.717, 1.165) is 18.7 Å². The van der Waals surface area contributed by atoms with Crippen LogP contribution in [0.25, 0.3) is 0 Å². The molecule has 5 nitrogen and oxygen atoms in total. The van der Waals surface area contributed by atoms with Crippen LogP contribution in [0.4, 0.5) is 5.69 Å². The smallest absolute Gasteiger partial charge is 0.172 e. The minimum Gasteiger partial charge on any atom is -0.409 e. The van der Waals surface area contributed by atoms with E-state index in [1.807, 2.05) is 30.1 Å². The molecule has 0 aliphatic carbocycles. The lowest BCUT2D eigenvalue weighted by Crippen LogP contribution is -2.25. The first-order chi connectivity index (χ1) is 10.1. The summed E-state index contributed by atoms with van der Waals surface area (Å²) in [6, 6.07) is 9.23. The number of nitrogens with two attached hydrogens (primary N) is 1. The van der Waals surface area contributed by atoms with Crippen molar-refractivity contribution in [1.29, 1.82) is 0 Å². The molecule has 0 fully saturated rings. The van der Waals surface area contributed by atoms with Crippen molar-refractivity contribution in [1.82, 2.24) is 4.98 Å². The first kappa shape index (κ1) is 15.1. The minimum atomic E-state index is 0.0671. The van der Waals surface area contributed by atoms with Gasteiger partial charge in [-0.2, -0.15) is 0 Å². The number of nitrogens with zero attached hydrogens (tertiary/aromatic N) is 3. The normalized spacial score (nSPS) is 11.4. The van der Waals surface area contributed by atoms with E-state index in [4.69, 9.17) is 22.5 Å². The van der Waals surface area contributed by atoms with Crippen molar-refractivity contribution in [2.45, 2.75) is 6.42 Å². The minimum absolute atomic E-state index is 0.0671. The number of benzene rings is 1. The van der Waals surface area contributed by atoms with Gasteiger partial charge in [0.2, 0.25) is 0 Å². The molecule has 2 aromatic rings. The van der Waals surface area contributed by atoms with Gasteiger partial charge in [-0.3, -0.25) is 4.98 Å². The number of aromatic nitrogens is 1. The van der Waals surface area contributed by atoms with E-state index in [1.54, 1.807) is 24.5 Å². The lowest BCUT2D eigenvalue weighted by Gasteiger charge is -2.22. The second-order valence-electron chi connectivity index (χ2n) is 4.67. The van der Waals surface area contributed by atoms with Crippen LogP contribution < -0.4 is 10.6 Å². The number of likely N-dealkylation sites (N-methyl/N-ethyl adjacent to an activating group) is 1. The van der Waals surface area contributed by atoms with E-state index in [1.165, 1.54) is 5.56 Å². The summed E-state index contributed by atoms with van der Waals surface area (Å²) in [5.41, 5.74) is 8.39. The van der Waals surface area contributed by atoms with Crippen molar-refractivity contribution in [2.24, 2.45) is 10.9 Å². The van der Waals surface area contributed by atoms with Crippen LogP contribution in [0.5, 0.6) is 0 Å². The number of hydrogen-bond donors (Lipinski definition) is 2. The zero-order chi connectivity index (χ0) is 15.2. The van der Waals surface area contributed by atoms with Crippen molar-refractivity contribution in [3.8, 4) is 0 Å². The first-order valence-corrected chi connectivity index (χ1v) is 6.87. The molecule has 1 aromatic heterocycles. The molecule has 21 heavy (non-hydrogen) atoms. The second kappa shape index (κ2) is 6.95. The number of pyridine rings is 1. The molecule has 3 N–H and O–H groups in total. The zero-order valence-electron chi connectivity index (χ0n) is 11.7. The van der Waals surface area contributed by atoms with Crippen LogP contribution in [0.1, 0.15) is 11.1 Å². The Morgan fingerprint density at radius 1 is 1.33 bits per heavy atom. The Bertz CT molecular complexity index is 631. The SMILES string of the molecule is CN(CCc1ccncc1)c1cc(Cl)ccc1C(N)=NO. The van der Waals surface area contributed by atoms with Crippen LogP contribution in [0.15, 0.2) is 47.9 Å². The van der Waals surface area contributed by atoms with Gasteiger partial charge in [-0.05, 0) is 42.3 Å². The van der Waals surface area contributed by atoms with Gasteiger partial charge in [-0.25, -0.2) is 0 Å². The quantitative estimate of drug-likeness (QED) is 0.385. The van der Waals surface area contributed by atoms with Gasteiger partial charge in [0.15, 0.2) is 5.84 Å². The Kier molecular flexibility index (Phi) is 5.00. The van der Waals surface area contributed by atoms with Crippen LogP contribution >= 0.6 is 11.6 Å². The van der Waals surface area contributed by atoms with E-state index in [9.17, 15) is 0 Å². The second-order valence-corrected chi connectivity index (χ2v) is 5.11. The van der Waals surface area contributed by atoms with Crippen LogP contribution in [0, 0.1) is 0 Å². The number of halogens is 1. The maximum atomic E-state index is 8.88. The third kappa shape index (κ3) is 3.86. The number of hydrogen-bond acceptors (Lipinski definition) is 4. The molecule has 0 unspecified atom stereocenters. The summed E-state index contributed by atoms with van der Waals surface area (Å²) in [5.74, 6) is 0.0671. The molecule has 0 spiro atoms. The molecule has 0 aliphatic heterocycles. The number of anilines is 1. The Morgan fingerprint density at radius 2 is 2.05 bits per heavy atom. The fraction of sp³-hybridized carbons (Fsp3) is 0.200. The maximum Gasteiger partial charge on any atom is 0.172 e. The summed E-state index contributed by atoms with van der Waals surface area (Å²) in [6.45, 7) is 0.774. The number of oxime groups is 1. The zero-order valence-corrected chi connectivity index (χ0v) is 12.5. The van der Waals surface area contributed by atoms with Gasteiger partial charge in [-0.1, -0.05) is 16.8 Å². The summed E-state index contributed by atoms with van der Waals surface area (Å²) >= 11 is 6.05. The van der Waals surface area contributed by atoms with E-state index < -0.39 is 0 Å². The van der Waals surface area contributed by atoms with Crippen molar-refractivity contribution in [3.05, 3.63) is 58.9 Å². The third-order valence-electron chi connectivity index (χ3n) is 3.24. The molecule has 1 heterocycles. The Morgan fingerprint density at radius 3 is 2.71 bits per heavy atom. The molecule has 6 heteroatoms. The molecular weight excluding hydrogens is 288 g/mol. The molecule has 1 aromatic carbocycles. The highest BCUT2D eigenvalue weighted by Crippen LogP contribution is 2.24. The van der Waals surface area contributed by atoms with Gasteiger partial charge in [0.05, 0.1) is 0 Å². The molecule has 0 saturated heterocycles. The average Bonchev–Trinajstić information content (AvgIpc) is 2.52. The van der Waals surface area contributed by atoms with Crippen LogP contribution in [0.3, 0.4) is 0 Å². The van der Waals surface area contributed by atoms with Gasteiger partial charge >= 0.3 is 0 Å². The van der Waals surface area contributed by atoms with Crippen LogP contribution in [-0.4, -0.2) is 29.6 Å². The van der Waals surface area contributed by atoms with E-state index in [2.05, 4.69) is 10.1 Å². The van der Waals surface area contributed by atoms with Crippen LogP contribution in [0.2, 0.25) is 5.02 Å². The molecule has 0 aliphatic rings. The van der Waals surface area contributed by atoms with Gasteiger partial charge in [0.1, 0.15) is 0 Å². The van der Waals surface area contributed by atoms with Gasteiger partial charge in [0.25, 0.3) is 0 Å². The molecule has 2 rings (SSSR count). The summed E-state index contributed by atoms with van der Waals surface area (Å²) in [4.78, 5) is 6.03. The summed E-state index contributed by atoms with van der Waals surface area (Å²) < 4.78 is 0. The fourth-order valence-corrected chi connectivity index (χ4v) is 2.22. The topological polar surface area (TPSA) is 74.7 Å². The van der Waals surface area contributed by atoms with Crippen LogP contribution in [-0.2, 0) is 6.42 Å². The summed E-state index contributed by atoms with van der Waals surface area (Å²) in [6.07, 6.45) is 4.41. The number of amidine groups is 1. The molecular formula is C15H17ClN4O. The van der Waals surface area contributed by atoms with E-state index in [0.29, 0.717) is 10.6 Å². The predicted molar refractivity (Wildman–Crippen MR) is 85.2 cm³/mol. The average molecular weight is 305 g/mol. The van der Waals surface area contributed by atoms with Gasteiger partial charge in [-0.15, -0.1) is 0 Å². The highest BCUT2D eigenvalue weighted by atomic mass is 35.5.